The molecule has 0 aliphatic rings. The molecule has 3 aromatic rings. The van der Waals surface area contributed by atoms with Gasteiger partial charge in [0.05, 0.1) is 40.1 Å². The first-order chi connectivity index (χ1) is 16.3. The molecular weight excluding hydrogens is 548 g/mol. The quantitative estimate of drug-likeness (QED) is 0.250. The van der Waals surface area contributed by atoms with Crippen molar-refractivity contribution in [2.45, 2.75) is 13.5 Å². The van der Waals surface area contributed by atoms with E-state index in [9.17, 15) is 9.18 Å². The summed E-state index contributed by atoms with van der Waals surface area (Å²) in [5.41, 5.74) is 3.58. The van der Waals surface area contributed by atoms with Gasteiger partial charge in [0.25, 0.3) is 5.91 Å². The topological polar surface area (TPSA) is 83.7 Å². The van der Waals surface area contributed by atoms with Crippen molar-refractivity contribution in [3.8, 4) is 17.6 Å². The van der Waals surface area contributed by atoms with Crippen molar-refractivity contribution in [2.24, 2.45) is 5.10 Å². The number of hydrazone groups is 1. The van der Waals surface area contributed by atoms with Gasteiger partial charge in [0.1, 0.15) is 12.4 Å². The van der Waals surface area contributed by atoms with Gasteiger partial charge in [-0.15, -0.1) is 0 Å². The molecule has 0 spiro atoms. The highest BCUT2D eigenvalue weighted by Gasteiger charge is 2.13. The highest BCUT2D eigenvalue weighted by Crippen LogP contribution is 2.34. The van der Waals surface area contributed by atoms with Gasteiger partial charge in [0.2, 0.25) is 0 Å². The van der Waals surface area contributed by atoms with Crippen LogP contribution in [0.5, 0.6) is 11.5 Å². The van der Waals surface area contributed by atoms with Crippen molar-refractivity contribution < 1.29 is 18.7 Å². The number of halogens is 4. The largest absolute Gasteiger partial charge is 0.490 e. The summed E-state index contributed by atoms with van der Waals surface area (Å²) in [5.74, 6) is -0.603. The summed E-state index contributed by atoms with van der Waals surface area (Å²) in [5, 5.41) is 13.6. The van der Waals surface area contributed by atoms with Gasteiger partial charge in [-0.05, 0) is 70.9 Å². The number of carbonyl (C=O) groups excluding carboxylic acids is 1. The summed E-state index contributed by atoms with van der Waals surface area (Å²) < 4.78 is 26.2. The van der Waals surface area contributed by atoms with E-state index >= 15 is 0 Å². The lowest BCUT2D eigenvalue weighted by molar-refractivity contribution is 0.0951. The van der Waals surface area contributed by atoms with E-state index in [0.717, 1.165) is 11.6 Å². The Labute approximate surface area is 214 Å². The Kier molecular flexibility index (Phi) is 8.88. The van der Waals surface area contributed by atoms with E-state index in [0.29, 0.717) is 38.2 Å². The van der Waals surface area contributed by atoms with Crippen LogP contribution in [0.15, 0.2) is 58.1 Å². The van der Waals surface area contributed by atoms with Crippen LogP contribution in [-0.4, -0.2) is 18.7 Å². The number of hydrogen-bond donors (Lipinski definition) is 1. The maximum absolute atomic E-state index is 14.0. The van der Waals surface area contributed by atoms with E-state index in [1.165, 1.54) is 18.3 Å². The first-order valence-electron chi connectivity index (χ1n) is 9.88. The summed E-state index contributed by atoms with van der Waals surface area (Å²) in [6.07, 6.45) is 1.38. The molecule has 174 valence electrons. The van der Waals surface area contributed by atoms with Crippen molar-refractivity contribution >= 4 is 51.3 Å². The first-order valence-corrected chi connectivity index (χ1v) is 11.4. The van der Waals surface area contributed by atoms with Crippen LogP contribution in [0.2, 0.25) is 10.0 Å². The zero-order chi connectivity index (χ0) is 24.7. The van der Waals surface area contributed by atoms with Crippen LogP contribution >= 0.6 is 39.1 Å². The molecule has 3 aromatic carbocycles. The average molecular weight is 565 g/mol. The monoisotopic (exact) mass is 563 g/mol. The molecule has 1 amide bonds. The van der Waals surface area contributed by atoms with E-state index in [2.05, 4.69) is 26.5 Å². The van der Waals surface area contributed by atoms with Gasteiger partial charge < -0.3 is 9.47 Å². The molecule has 0 aromatic heterocycles. The zero-order valence-corrected chi connectivity index (χ0v) is 20.8. The van der Waals surface area contributed by atoms with Crippen LogP contribution < -0.4 is 14.9 Å². The molecule has 34 heavy (non-hydrogen) atoms. The smallest absolute Gasteiger partial charge is 0.274 e. The van der Waals surface area contributed by atoms with Crippen molar-refractivity contribution in [1.82, 2.24) is 5.43 Å². The molecule has 0 atom stereocenters. The van der Waals surface area contributed by atoms with Crippen molar-refractivity contribution in [3.63, 3.8) is 0 Å². The van der Waals surface area contributed by atoms with Gasteiger partial charge in [-0.1, -0.05) is 29.3 Å². The zero-order valence-electron chi connectivity index (χ0n) is 17.7. The summed E-state index contributed by atoms with van der Waals surface area (Å²) in [6, 6.07) is 14.0. The number of rotatable bonds is 8. The summed E-state index contributed by atoms with van der Waals surface area (Å²) >= 11 is 15.5. The number of hydrogen-bond acceptors (Lipinski definition) is 5. The van der Waals surface area contributed by atoms with Gasteiger partial charge in [-0.3, -0.25) is 4.79 Å². The molecule has 1 N–H and O–H groups in total. The maximum Gasteiger partial charge on any atom is 0.274 e. The van der Waals surface area contributed by atoms with Crippen molar-refractivity contribution in [3.05, 3.63) is 91.1 Å². The fourth-order valence-electron chi connectivity index (χ4n) is 2.81. The van der Waals surface area contributed by atoms with Crippen LogP contribution in [0.4, 0.5) is 4.39 Å². The third kappa shape index (κ3) is 6.48. The van der Waals surface area contributed by atoms with Crippen molar-refractivity contribution in [1.29, 1.82) is 5.26 Å². The number of carbonyl (C=O) groups is 1. The number of nitrogens with zero attached hydrogens (tertiary/aromatic N) is 2. The summed E-state index contributed by atoms with van der Waals surface area (Å²) in [4.78, 5) is 12.2. The number of amides is 1. The Hall–Kier alpha value is -3.12. The number of benzene rings is 3. The number of nitriles is 1. The predicted molar refractivity (Wildman–Crippen MR) is 132 cm³/mol. The fourth-order valence-corrected chi connectivity index (χ4v) is 3.56. The van der Waals surface area contributed by atoms with Crippen molar-refractivity contribution in [2.75, 3.05) is 6.61 Å². The Morgan fingerprint density at radius 1 is 1.15 bits per heavy atom. The molecule has 0 aliphatic heterocycles. The highest BCUT2D eigenvalue weighted by atomic mass is 79.9. The Balaban J connectivity index is 1.74. The molecule has 0 radical (unpaired) electrons. The highest BCUT2D eigenvalue weighted by molar-refractivity contribution is 9.10. The van der Waals surface area contributed by atoms with E-state index in [1.807, 2.05) is 19.1 Å². The Morgan fingerprint density at radius 2 is 1.91 bits per heavy atom. The van der Waals surface area contributed by atoms with Gasteiger partial charge in [0.15, 0.2) is 11.5 Å². The van der Waals surface area contributed by atoms with Crippen LogP contribution in [-0.2, 0) is 6.61 Å². The lowest BCUT2D eigenvalue weighted by Gasteiger charge is -2.14. The molecule has 0 bridgehead atoms. The Bertz CT molecular complexity index is 1300. The average Bonchev–Trinajstić information content (AvgIpc) is 2.81. The summed E-state index contributed by atoms with van der Waals surface area (Å²) in [6.45, 7) is 2.48. The number of nitrogens with one attached hydrogen (secondary N) is 1. The van der Waals surface area contributed by atoms with E-state index in [4.69, 9.17) is 37.9 Å². The molecule has 6 nitrogen and oxygen atoms in total. The van der Waals surface area contributed by atoms with Crippen LogP contribution in [0, 0.1) is 17.1 Å². The molecule has 0 fully saturated rings. The summed E-state index contributed by atoms with van der Waals surface area (Å²) in [7, 11) is 0. The minimum atomic E-state index is -0.810. The second kappa shape index (κ2) is 11.8. The van der Waals surface area contributed by atoms with Gasteiger partial charge in [0, 0.05) is 10.0 Å². The normalized spacial score (nSPS) is 10.7. The van der Waals surface area contributed by atoms with E-state index < -0.39 is 11.7 Å². The van der Waals surface area contributed by atoms with Crippen LogP contribution in [0.1, 0.15) is 34.0 Å². The van der Waals surface area contributed by atoms with Gasteiger partial charge >= 0.3 is 0 Å². The molecule has 0 heterocycles. The molecular formula is C24H17BrCl2FN3O3. The Morgan fingerprint density at radius 3 is 2.59 bits per heavy atom. The predicted octanol–water partition coefficient (Wildman–Crippen LogP) is 6.51. The first kappa shape index (κ1) is 25.5. The second-order valence-corrected chi connectivity index (χ2v) is 8.46. The molecule has 3 rings (SSSR count). The molecule has 0 unspecified atom stereocenters. The minimum absolute atomic E-state index is 0.117. The van der Waals surface area contributed by atoms with Crippen LogP contribution in [0.3, 0.4) is 0 Å². The number of ether oxygens (including phenoxy) is 2. The molecule has 0 saturated carbocycles. The third-order valence-corrected chi connectivity index (χ3v) is 5.88. The van der Waals surface area contributed by atoms with Gasteiger partial charge in [-0.2, -0.15) is 10.4 Å². The maximum atomic E-state index is 14.0. The lowest BCUT2D eigenvalue weighted by Crippen LogP contribution is -2.19. The third-order valence-electron chi connectivity index (χ3n) is 4.45. The minimum Gasteiger partial charge on any atom is -0.490 e. The van der Waals surface area contributed by atoms with Crippen LogP contribution in [0.25, 0.3) is 0 Å². The molecule has 0 saturated heterocycles. The molecule has 10 heteroatoms. The SMILES string of the molecule is CCOc1cc(/C=N\NC(=O)c2ccc(C#N)cc2F)c(Br)cc1OCc1ccc(Cl)c(Cl)c1. The van der Waals surface area contributed by atoms with Gasteiger partial charge in [-0.25, -0.2) is 9.82 Å². The fraction of sp³-hybridized carbons (Fsp3) is 0.125. The second-order valence-electron chi connectivity index (χ2n) is 6.80. The lowest BCUT2D eigenvalue weighted by atomic mass is 10.1. The standard InChI is InChI=1S/C24H17BrCl2FN3O3/c1-2-33-22-9-16(12-30-31-24(32)17-5-3-14(11-29)8-21(17)28)18(25)10-23(22)34-13-15-4-6-19(26)20(27)7-15/h3-10,12H,2,13H2,1H3,(H,31,32)/b30-12-. The van der Waals surface area contributed by atoms with E-state index in [1.54, 1.807) is 24.3 Å². The molecule has 0 aliphatic carbocycles. The van der Waals surface area contributed by atoms with E-state index in [-0.39, 0.29) is 17.7 Å².